The molecule has 1 aliphatic rings. The average molecular weight is 264 g/mol. The largest absolute Gasteiger partial charge is 0.482 e. The Kier molecular flexibility index (Phi) is 4.01. The first-order valence-corrected chi connectivity index (χ1v) is 6.08. The van der Waals surface area contributed by atoms with E-state index in [2.05, 4.69) is 10.6 Å². The van der Waals surface area contributed by atoms with Crippen molar-refractivity contribution in [2.75, 3.05) is 18.5 Å². The van der Waals surface area contributed by atoms with Crippen LogP contribution in [0.5, 0.6) is 5.75 Å². The third-order valence-electron chi connectivity index (χ3n) is 2.82. The number of aliphatic hydroxyl groups is 1. The van der Waals surface area contributed by atoms with Gasteiger partial charge in [-0.2, -0.15) is 0 Å². The number of aliphatic hydroxyl groups excluding tert-OH is 1. The van der Waals surface area contributed by atoms with E-state index in [1.807, 2.05) is 6.92 Å². The molecule has 2 amide bonds. The highest BCUT2D eigenvalue weighted by molar-refractivity contribution is 5.99. The van der Waals surface area contributed by atoms with Crippen molar-refractivity contribution in [3.05, 3.63) is 23.8 Å². The summed E-state index contributed by atoms with van der Waals surface area (Å²) in [6.07, 6.45) is 0.503. The number of amides is 2. The number of anilines is 1. The predicted molar refractivity (Wildman–Crippen MR) is 69.2 cm³/mol. The number of benzene rings is 1. The van der Waals surface area contributed by atoms with Crippen LogP contribution in [-0.2, 0) is 4.79 Å². The standard InChI is InChI=1S/C13H16N2O4/c1-8(4-5-16)14-13(18)9-2-3-10-11(6-9)19-7-12(17)15-10/h2-3,6,8,16H,4-5,7H2,1H3,(H,14,18)(H,15,17). The molecule has 3 N–H and O–H groups in total. The van der Waals surface area contributed by atoms with Crippen LogP contribution in [0, 0.1) is 0 Å². The number of hydrogen-bond acceptors (Lipinski definition) is 4. The smallest absolute Gasteiger partial charge is 0.262 e. The van der Waals surface area contributed by atoms with Gasteiger partial charge in [0, 0.05) is 18.2 Å². The Hall–Kier alpha value is -2.08. The van der Waals surface area contributed by atoms with Gasteiger partial charge in [0.2, 0.25) is 0 Å². The van der Waals surface area contributed by atoms with Crippen molar-refractivity contribution in [3.8, 4) is 5.75 Å². The van der Waals surface area contributed by atoms with Crippen LogP contribution in [0.1, 0.15) is 23.7 Å². The van der Waals surface area contributed by atoms with Gasteiger partial charge in [0.15, 0.2) is 6.61 Å². The van der Waals surface area contributed by atoms with E-state index in [9.17, 15) is 9.59 Å². The molecule has 1 aromatic carbocycles. The van der Waals surface area contributed by atoms with Gasteiger partial charge in [0.1, 0.15) is 5.75 Å². The molecule has 0 saturated heterocycles. The van der Waals surface area contributed by atoms with Gasteiger partial charge in [-0.05, 0) is 31.5 Å². The molecule has 2 rings (SSSR count). The van der Waals surface area contributed by atoms with Gasteiger partial charge in [0.25, 0.3) is 11.8 Å². The lowest BCUT2D eigenvalue weighted by Crippen LogP contribution is -2.33. The monoisotopic (exact) mass is 264 g/mol. The molecule has 0 fully saturated rings. The first kappa shape index (κ1) is 13.4. The fourth-order valence-corrected chi connectivity index (χ4v) is 1.79. The number of fused-ring (bicyclic) bond motifs is 1. The molecule has 1 atom stereocenters. The molecule has 102 valence electrons. The van der Waals surface area contributed by atoms with Crippen molar-refractivity contribution in [2.45, 2.75) is 19.4 Å². The van der Waals surface area contributed by atoms with Gasteiger partial charge in [-0.25, -0.2) is 0 Å². The number of nitrogens with one attached hydrogen (secondary N) is 2. The van der Waals surface area contributed by atoms with Gasteiger partial charge in [0.05, 0.1) is 5.69 Å². The fraction of sp³-hybridized carbons (Fsp3) is 0.385. The highest BCUT2D eigenvalue weighted by Gasteiger charge is 2.18. The molecule has 0 aromatic heterocycles. The third-order valence-corrected chi connectivity index (χ3v) is 2.82. The van der Waals surface area contributed by atoms with E-state index in [0.717, 1.165) is 0 Å². The SMILES string of the molecule is CC(CCO)NC(=O)c1ccc2c(c1)OCC(=O)N2. The summed E-state index contributed by atoms with van der Waals surface area (Å²) in [5.74, 6) is 0.0487. The number of ether oxygens (including phenoxy) is 1. The number of rotatable bonds is 4. The first-order chi connectivity index (χ1) is 9.10. The zero-order chi connectivity index (χ0) is 13.8. The second-order valence-corrected chi connectivity index (χ2v) is 4.43. The third kappa shape index (κ3) is 3.23. The topological polar surface area (TPSA) is 87.7 Å². The summed E-state index contributed by atoms with van der Waals surface area (Å²) in [6, 6.07) is 4.75. The molecule has 0 radical (unpaired) electrons. The van der Waals surface area contributed by atoms with Crippen molar-refractivity contribution >= 4 is 17.5 Å². The Balaban J connectivity index is 2.09. The second-order valence-electron chi connectivity index (χ2n) is 4.43. The molecular weight excluding hydrogens is 248 g/mol. The summed E-state index contributed by atoms with van der Waals surface area (Å²) < 4.78 is 5.25. The van der Waals surface area contributed by atoms with Crippen LogP contribution in [0.15, 0.2) is 18.2 Å². The van der Waals surface area contributed by atoms with Crippen molar-refractivity contribution in [2.24, 2.45) is 0 Å². The fourth-order valence-electron chi connectivity index (χ4n) is 1.79. The Morgan fingerprint density at radius 3 is 3.11 bits per heavy atom. The molecule has 1 heterocycles. The van der Waals surface area contributed by atoms with E-state index in [-0.39, 0.29) is 31.1 Å². The van der Waals surface area contributed by atoms with Crippen molar-refractivity contribution in [1.29, 1.82) is 0 Å². The first-order valence-electron chi connectivity index (χ1n) is 6.08. The van der Waals surface area contributed by atoms with Crippen molar-refractivity contribution < 1.29 is 19.4 Å². The lowest BCUT2D eigenvalue weighted by atomic mass is 10.1. The number of carbonyl (C=O) groups is 2. The van der Waals surface area contributed by atoms with E-state index in [1.165, 1.54) is 0 Å². The summed E-state index contributed by atoms with van der Waals surface area (Å²) in [6.45, 7) is 1.81. The maximum atomic E-state index is 11.9. The summed E-state index contributed by atoms with van der Waals surface area (Å²) in [7, 11) is 0. The van der Waals surface area contributed by atoms with Gasteiger partial charge in [-0.3, -0.25) is 9.59 Å². The van der Waals surface area contributed by atoms with E-state index in [0.29, 0.717) is 23.4 Å². The van der Waals surface area contributed by atoms with Crippen LogP contribution in [0.4, 0.5) is 5.69 Å². The zero-order valence-electron chi connectivity index (χ0n) is 10.6. The van der Waals surface area contributed by atoms with Crippen LogP contribution in [-0.4, -0.2) is 36.2 Å². The Bertz CT molecular complexity index is 501. The van der Waals surface area contributed by atoms with E-state index < -0.39 is 0 Å². The van der Waals surface area contributed by atoms with Gasteiger partial charge in [-0.1, -0.05) is 0 Å². The molecule has 0 bridgehead atoms. The van der Waals surface area contributed by atoms with Gasteiger partial charge in [-0.15, -0.1) is 0 Å². The van der Waals surface area contributed by atoms with E-state index in [4.69, 9.17) is 9.84 Å². The van der Waals surface area contributed by atoms with Crippen molar-refractivity contribution in [3.63, 3.8) is 0 Å². The summed E-state index contributed by atoms with van der Waals surface area (Å²) in [5.41, 5.74) is 1.02. The number of hydrogen-bond donors (Lipinski definition) is 3. The van der Waals surface area contributed by atoms with Crippen LogP contribution in [0.3, 0.4) is 0 Å². The Labute approximate surface area is 110 Å². The Morgan fingerprint density at radius 1 is 1.58 bits per heavy atom. The maximum Gasteiger partial charge on any atom is 0.262 e. The molecule has 0 saturated carbocycles. The van der Waals surface area contributed by atoms with Gasteiger partial charge >= 0.3 is 0 Å². The summed E-state index contributed by atoms with van der Waals surface area (Å²) in [5, 5.41) is 14.2. The lowest BCUT2D eigenvalue weighted by molar-refractivity contribution is -0.118. The summed E-state index contributed by atoms with van der Waals surface area (Å²) in [4.78, 5) is 23.1. The maximum absolute atomic E-state index is 11.9. The normalized spacial score (nSPS) is 14.9. The molecule has 6 nitrogen and oxygen atoms in total. The Morgan fingerprint density at radius 2 is 2.37 bits per heavy atom. The molecule has 1 aliphatic heterocycles. The minimum atomic E-state index is -0.232. The molecule has 1 unspecified atom stereocenters. The van der Waals surface area contributed by atoms with Crippen LogP contribution < -0.4 is 15.4 Å². The minimum Gasteiger partial charge on any atom is -0.482 e. The van der Waals surface area contributed by atoms with Crippen LogP contribution in [0.2, 0.25) is 0 Å². The lowest BCUT2D eigenvalue weighted by Gasteiger charge is -2.19. The van der Waals surface area contributed by atoms with Crippen molar-refractivity contribution in [1.82, 2.24) is 5.32 Å². The summed E-state index contributed by atoms with van der Waals surface area (Å²) >= 11 is 0. The highest BCUT2D eigenvalue weighted by Crippen LogP contribution is 2.28. The predicted octanol–water partition coefficient (Wildman–Crippen LogP) is 0.518. The molecule has 6 heteroatoms. The van der Waals surface area contributed by atoms with Crippen LogP contribution in [0.25, 0.3) is 0 Å². The molecular formula is C13H16N2O4. The second kappa shape index (κ2) is 5.71. The van der Waals surface area contributed by atoms with E-state index >= 15 is 0 Å². The van der Waals surface area contributed by atoms with Crippen LogP contribution >= 0.6 is 0 Å². The quantitative estimate of drug-likeness (QED) is 0.739. The van der Waals surface area contributed by atoms with Gasteiger partial charge < -0.3 is 20.5 Å². The molecule has 0 aliphatic carbocycles. The van der Waals surface area contributed by atoms with E-state index in [1.54, 1.807) is 18.2 Å². The molecule has 0 spiro atoms. The highest BCUT2D eigenvalue weighted by atomic mass is 16.5. The average Bonchev–Trinajstić information content (AvgIpc) is 2.38. The molecule has 1 aromatic rings. The molecule has 19 heavy (non-hydrogen) atoms. The zero-order valence-corrected chi connectivity index (χ0v) is 10.6. The minimum absolute atomic E-state index is 0.0285. The number of carbonyl (C=O) groups excluding carboxylic acids is 2.